The second-order valence-electron chi connectivity index (χ2n) is 19.2. The maximum atomic E-state index is 14.4. The molecular weight excluding hydrogens is 748 g/mol. The van der Waals surface area contributed by atoms with Crippen LogP contribution < -0.4 is 5.32 Å². The molecule has 14 heteroatoms. The maximum Gasteiger partial charge on any atom is 0.311 e. The van der Waals surface area contributed by atoms with Gasteiger partial charge in [0.25, 0.3) is 0 Å². The van der Waals surface area contributed by atoms with Crippen LogP contribution in [0.5, 0.6) is 0 Å². The van der Waals surface area contributed by atoms with E-state index in [-0.39, 0.29) is 37.5 Å². The molecule has 3 rings (SSSR count). The number of ether oxygens (including phenoxy) is 6. The van der Waals surface area contributed by atoms with Crippen molar-refractivity contribution in [1.29, 1.82) is 0 Å². The standard InChI is InChI=1S/C44H84N2O12/c1-15-17-18-19-20-21-44(52)31(8)55-34(24-42(44,10)53-14)57-36-29(6)38(58-40-35(47)32(46(12)13)22-28(5)54-40)41(9,50)23-27(4)45-25-26(3)37(48)43(11,51)33(16-2)56-39(49)30(36)7/h26-38,40,45,47-48,50-52H,15-25H2,1-14H3/t26-,27-,28-,29-,30-,31+,32+,33+,34?,35-,36-,37+,38-,40+,41-,42-,43-,44+/m1/s1. The zero-order chi connectivity index (χ0) is 44.0. The van der Waals surface area contributed by atoms with Gasteiger partial charge in [-0.2, -0.15) is 0 Å². The van der Waals surface area contributed by atoms with Gasteiger partial charge in [-0.05, 0) is 94.2 Å². The number of methoxy groups -OCH3 is 1. The summed E-state index contributed by atoms with van der Waals surface area (Å²) in [6, 6.07) is -0.580. The summed E-state index contributed by atoms with van der Waals surface area (Å²) in [5.74, 6) is -2.92. The van der Waals surface area contributed by atoms with Crippen molar-refractivity contribution in [2.75, 3.05) is 27.7 Å². The van der Waals surface area contributed by atoms with Gasteiger partial charge in [-0.1, -0.05) is 59.8 Å². The van der Waals surface area contributed by atoms with Crippen molar-refractivity contribution >= 4 is 5.97 Å². The molecule has 1 unspecified atom stereocenters. The first-order chi connectivity index (χ1) is 26.9. The molecule has 3 heterocycles. The molecule has 18 atom stereocenters. The highest BCUT2D eigenvalue weighted by molar-refractivity contribution is 5.73. The minimum absolute atomic E-state index is 0.135. The highest BCUT2D eigenvalue weighted by atomic mass is 16.7. The van der Waals surface area contributed by atoms with Crippen LogP contribution in [0.1, 0.15) is 140 Å². The molecule has 0 aromatic rings. The number of carbonyl (C=O) groups is 1. The highest BCUT2D eigenvalue weighted by Gasteiger charge is 2.58. The SMILES string of the molecule is CCCCCCC[C@]1(O)[C@H](C)OC(O[C@@H]2[C@@H](C)[C@@H](O[C@@H]3O[C@H](C)C[C@H](N(C)C)[C@H]3O)[C@](C)(O)C[C@@H](C)NC[C@@H](C)[C@H](O)[C@](C)(O)[C@H](CC)OC(=O)[C@@H]2C)C[C@@]1(C)OC. The summed E-state index contributed by atoms with van der Waals surface area (Å²) < 4.78 is 38.6. The van der Waals surface area contributed by atoms with Crippen LogP contribution in [-0.2, 0) is 33.2 Å². The Morgan fingerprint density at radius 3 is 2.12 bits per heavy atom. The average Bonchev–Trinajstić information content (AvgIpc) is 3.15. The first-order valence-electron chi connectivity index (χ1n) is 22.2. The Morgan fingerprint density at radius 1 is 0.897 bits per heavy atom. The Morgan fingerprint density at radius 2 is 1.53 bits per heavy atom. The summed E-state index contributed by atoms with van der Waals surface area (Å²) in [6.45, 7) is 20.2. The third kappa shape index (κ3) is 11.9. The molecule has 3 saturated heterocycles. The molecule has 0 bridgehead atoms. The molecule has 0 aromatic heterocycles. The lowest BCUT2D eigenvalue weighted by atomic mass is 9.72. The molecule has 0 amide bonds. The fourth-order valence-corrected chi connectivity index (χ4v) is 9.87. The molecule has 3 fully saturated rings. The lowest BCUT2D eigenvalue weighted by Crippen LogP contribution is -2.66. The topological polar surface area (TPSA) is 189 Å². The maximum absolute atomic E-state index is 14.4. The van der Waals surface area contributed by atoms with E-state index in [9.17, 15) is 30.3 Å². The molecule has 3 aliphatic heterocycles. The van der Waals surface area contributed by atoms with Gasteiger partial charge in [0.15, 0.2) is 12.6 Å². The lowest BCUT2D eigenvalue weighted by Gasteiger charge is -2.54. The summed E-state index contributed by atoms with van der Waals surface area (Å²) in [7, 11) is 5.35. The Bertz CT molecular complexity index is 1260. The van der Waals surface area contributed by atoms with E-state index >= 15 is 0 Å². The number of cyclic esters (lactones) is 1. The van der Waals surface area contributed by atoms with Crippen LogP contribution in [0.4, 0.5) is 0 Å². The highest BCUT2D eigenvalue weighted by Crippen LogP contribution is 2.45. The molecule has 0 spiro atoms. The second kappa shape index (κ2) is 21.4. The molecule has 0 radical (unpaired) electrons. The molecule has 14 nitrogen and oxygen atoms in total. The molecule has 58 heavy (non-hydrogen) atoms. The van der Waals surface area contributed by atoms with Gasteiger partial charge in [0.2, 0.25) is 0 Å². The van der Waals surface area contributed by atoms with Gasteiger partial charge >= 0.3 is 5.97 Å². The van der Waals surface area contributed by atoms with Crippen molar-refractivity contribution in [3.05, 3.63) is 0 Å². The largest absolute Gasteiger partial charge is 0.459 e. The Hall–Kier alpha value is -1.01. The van der Waals surface area contributed by atoms with Crippen molar-refractivity contribution < 1.29 is 58.7 Å². The number of nitrogens with one attached hydrogen (secondary N) is 1. The first-order valence-corrected chi connectivity index (χ1v) is 22.2. The quantitative estimate of drug-likeness (QED) is 0.114. The number of likely N-dealkylation sites (N-methyl/N-ethyl adjacent to an activating group) is 1. The van der Waals surface area contributed by atoms with Gasteiger partial charge in [-0.3, -0.25) is 4.79 Å². The zero-order valence-corrected chi connectivity index (χ0v) is 38.4. The number of hydrogen-bond acceptors (Lipinski definition) is 14. The lowest BCUT2D eigenvalue weighted by molar-refractivity contribution is -0.338. The van der Waals surface area contributed by atoms with E-state index in [1.165, 1.54) is 6.92 Å². The van der Waals surface area contributed by atoms with Crippen LogP contribution >= 0.6 is 0 Å². The average molecular weight is 833 g/mol. The minimum atomic E-state index is -1.79. The van der Waals surface area contributed by atoms with E-state index in [1.54, 1.807) is 34.8 Å². The minimum Gasteiger partial charge on any atom is -0.459 e. The van der Waals surface area contributed by atoms with E-state index < -0.39 is 95.3 Å². The molecule has 6 N–H and O–H groups in total. The van der Waals surface area contributed by atoms with Crippen LogP contribution in [-0.4, -0.2) is 154 Å². The summed E-state index contributed by atoms with van der Waals surface area (Å²) in [4.78, 5) is 16.3. The number of carbonyl (C=O) groups excluding carboxylic acids is 1. The van der Waals surface area contributed by atoms with Crippen LogP contribution in [0.3, 0.4) is 0 Å². The van der Waals surface area contributed by atoms with Crippen molar-refractivity contribution in [2.45, 2.75) is 230 Å². The van der Waals surface area contributed by atoms with Crippen LogP contribution in [0, 0.1) is 17.8 Å². The van der Waals surface area contributed by atoms with Gasteiger partial charge in [0.1, 0.15) is 29.0 Å². The zero-order valence-electron chi connectivity index (χ0n) is 38.4. The fraction of sp³-hybridized carbons (Fsp3) is 0.977. The van der Waals surface area contributed by atoms with Crippen molar-refractivity contribution in [3.8, 4) is 0 Å². The summed E-state index contributed by atoms with van der Waals surface area (Å²) in [6.07, 6.45) is -1.82. The van der Waals surface area contributed by atoms with E-state index in [1.807, 2.05) is 53.6 Å². The predicted molar refractivity (Wildman–Crippen MR) is 222 cm³/mol. The summed E-state index contributed by atoms with van der Waals surface area (Å²) in [5, 5.41) is 62.9. The van der Waals surface area contributed by atoms with E-state index in [0.717, 1.165) is 32.1 Å². The van der Waals surface area contributed by atoms with Crippen LogP contribution in [0.25, 0.3) is 0 Å². The number of unbranched alkanes of at least 4 members (excludes halogenated alkanes) is 4. The Labute approximate surface area is 350 Å². The number of aliphatic hydroxyl groups is 5. The van der Waals surface area contributed by atoms with Crippen molar-refractivity contribution in [3.63, 3.8) is 0 Å². The van der Waals surface area contributed by atoms with Crippen molar-refractivity contribution in [1.82, 2.24) is 10.2 Å². The number of aliphatic hydroxyl groups excluding tert-OH is 2. The molecular formula is C44H84N2O12. The Balaban J connectivity index is 2.13. The number of hydrogen-bond donors (Lipinski definition) is 6. The fourth-order valence-electron chi connectivity index (χ4n) is 9.87. The van der Waals surface area contributed by atoms with Gasteiger partial charge in [0, 0.05) is 38.1 Å². The van der Waals surface area contributed by atoms with E-state index in [4.69, 9.17) is 28.4 Å². The van der Waals surface area contributed by atoms with E-state index in [2.05, 4.69) is 12.2 Å². The monoisotopic (exact) mass is 833 g/mol. The smallest absolute Gasteiger partial charge is 0.311 e. The predicted octanol–water partition coefficient (Wildman–Crippen LogP) is 4.29. The molecule has 342 valence electrons. The van der Waals surface area contributed by atoms with Gasteiger partial charge in [0.05, 0.1) is 42.0 Å². The molecule has 3 aliphatic rings. The van der Waals surface area contributed by atoms with Crippen LogP contribution in [0.2, 0.25) is 0 Å². The number of rotatable bonds is 13. The third-order valence-electron chi connectivity index (χ3n) is 13.9. The third-order valence-corrected chi connectivity index (χ3v) is 13.9. The Kier molecular flexibility index (Phi) is 18.9. The van der Waals surface area contributed by atoms with Crippen molar-refractivity contribution in [2.24, 2.45) is 17.8 Å². The van der Waals surface area contributed by atoms with Gasteiger partial charge in [-0.15, -0.1) is 0 Å². The molecule has 0 saturated carbocycles. The van der Waals surface area contributed by atoms with Gasteiger partial charge in [-0.25, -0.2) is 0 Å². The second-order valence-corrected chi connectivity index (χ2v) is 19.2. The summed E-state index contributed by atoms with van der Waals surface area (Å²) >= 11 is 0. The van der Waals surface area contributed by atoms with E-state index in [0.29, 0.717) is 19.4 Å². The number of esters is 1. The normalized spacial score (nSPS) is 46.7. The van der Waals surface area contributed by atoms with Crippen LogP contribution in [0.15, 0.2) is 0 Å². The molecule has 0 aromatic carbocycles. The first kappa shape index (κ1) is 51.3. The molecule has 0 aliphatic carbocycles. The number of nitrogens with zero attached hydrogens (tertiary/aromatic N) is 1. The van der Waals surface area contributed by atoms with Gasteiger partial charge < -0.3 is 64.2 Å². The summed E-state index contributed by atoms with van der Waals surface area (Å²) in [5.41, 5.74) is -5.78.